The Morgan fingerprint density at radius 1 is 0.786 bits per heavy atom. The minimum absolute atomic E-state index is 0.0613. The van der Waals surface area contributed by atoms with Gasteiger partial charge in [-0.25, -0.2) is 13.6 Å². The predicted molar refractivity (Wildman–Crippen MR) is 109 cm³/mol. The maximum absolute atomic E-state index is 11.6. The highest BCUT2D eigenvalue weighted by Gasteiger charge is 2.21. The van der Waals surface area contributed by atoms with Crippen LogP contribution in [0.15, 0.2) is 104 Å². The van der Waals surface area contributed by atoms with Crippen molar-refractivity contribution in [1.29, 1.82) is 0 Å². The molecule has 0 unspecified atom stereocenters. The maximum atomic E-state index is 11.6. The first kappa shape index (κ1) is 18.5. The van der Waals surface area contributed by atoms with Crippen molar-refractivity contribution in [3.05, 3.63) is 84.9 Å². The van der Waals surface area contributed by atoms with Crippen molar-refractivity contribution in [1.82, 2.24) is 5.16 Å². The molecule has 0 atom stereocenters. The molecule has 0 amide bonds. The topological polar surface area (TPSA) is 86.2 Å². The fraction of sp³-hybridized carbons (Fsp3) is 0. The highest BCUT2D eigenvalue weighted by molar-refractivity contribution is 7.99. The summed E-state index contributed by atoms with van der Waals surface area (Å²) in [5.74, 6) is 0. The zero-order valence-corrected chi connectivity index (χ0v) is 16.3. The number of nitrogens with two attached hydrogens (primary N) is 1. The highest BCUT2D eigenvalue weighted by Crippen LogP contribution is 2.42. The maximum Gasteiger partial charge on any atom is 0.238 e. The lowest BCUT2D eigenvalue weighted by molar-refractivity contribution is 0.352. The minimum atomic E-state index is -3.75. The lowest BCUT2D eigenvalue weighted by atomic mass is 10.0. The Morgan fingerprint density at radius 2 is 1.39 bits per heavy atom. The summed E-state index contributed by atoms with van der Waals surface area (Å²) < 4.78 is 28.8. The molecular formula is C21H16N2O3S2. The molecule has 4 aromatic rings. The van der Waals surface area contributed by atoms with E-state index in [0.717, 1.165) is 21.6 Å². The number of aromatic nitrogens is 1. The molecule has 7 heteroatoms. The fourth-order valence-electron chi connectivity index (χ4n) is 2.80. The summed E-state index contributed by atoms with van der Waals surface area (Å²) in [5, 5.41) is 10.1. The summed E-state index contributed by atoms with van der Waals surface area (Å²) >= 11 is 1.46. The van der Waals surface area contributed by atoms with Crippen molar-refractivity contribution >= 4 is 21.8 Å². The molecule has 5 nitrogen and oxygen atoms in total. The van der Waals surface area contributed by atoms with Gasteiger partial charge >= 0.3 is 0 Å². The molecule has 140 valence electrons. The standard InChI is InChI=1S/C21H16N2O3S2/c22-28(24,25)18-13-11-15(12-14-18)19-20(16-7-3-1-4-8-16)23-26-21(19)27-17-9-5-2-6-10-17/h1-14H,(H2,22,24,25). The quantitative estimate of drug-likeness (QED) is 0.512. The van der Waals surface area contributed by atoms with Gasteiger partial charge in [0.05, 0.1) is 10.5 Å². The van der Waals surface area contributed by atoms with Gasteiger partial charge in [0.15, 0.2) is 0 Å². The van der Waals surface area contributed by atoms with E-state index in [9.17, 15) is 8.42 Å². The molecule has 0 aliphatic rings. The molecule has 0 aliphatic carbocycles. The van der Waals surface area contributed by atoms with Gasteiger partial charge in [0.1, 0.15) is 5.69 Å². The number of nitrogens with zero attached hydrogens (tertiary/aromatic N) is 1. The van der Waals surface area contributed by atoms with E-state index in [2.05, 4.69) is 5.16 Å². The molecular weight excluding hydrogens is 392 g/mol. The second-order valence-electron chi connectivity index (χ2n) is 6.04. The smallest absolute Gasteiger partial charge is 0.238 e. The van der Waals surface area contributed by atoms with Crippen LogP contribution >= 0.6 is 11.8 Å². The largest absolute Gasteiger partial charge is 0.348 e. The van der Waals surface area contributed by atoms with Crippen LogP contribution in [0, 0.1) is 0 Å². The Hall–Kier alpha value is -2.87. The molecule has 0 spiro atoms. The van der Waals surface area contributed by atoms with E-state index in [-0.39, 0.29) is 4.90 Å². The van der Waals surface area contributed by atoms with Crippen LogP contribution in [0.3, 0.4) is 0 Å². The Kier molecular flexibility index (Phi) is 5.04. The van der Waals surface area contributed by atoms with Gasteiger partial charge in [-0.1, -0.05) is 65.8 Å². The van der Waals surface area contributed by atoms with E-state index in [1.807, 2.05) is 60.7 Å². The first-order valence-corrected chi connectivity index (χ1v) is 10.8. The molecule has 3 aromatic carbocycles. The molecule has 4 rings (SSSR count). The van der Waals surface area contributed by atoms with Gasteiger partial charge < -0.3 is 4.52 Å². The molecule has 0 bridgehead atoms. The summed E-state index contributed by atoms with van der Waals surface area (Å²) in [6.45, 7) is 0. The average molecular weight is 409 g/mol. The van der Waals surface area contributed by atoms with Gasteiger partial charge in [-0.3, -0.25) is 0 Å². The fourth-order valence-corrected chi connectivity index (χ4v) is 4.21. The van der Waals surface area contributed by atoms with E-state index < -0.39 is 10.0 Å². The molecule has 0 fully saturated rings. The van der Waals surface area contributed by atoms with Crippen LogP contribution in [0.25, 0.3) is 22.4 Å². The molecule has 1 heterocycles. The monoisotopic (exact) mass is 408 g/mol. The van der Waals surface area contributed by atoms with Crippen LogP contribution in [0.1, 0.15) is 0 Å². The van der Waals surface area contributed by atoms with Crippen LogP contribution in [0.2, 0.25) is 0 Å². The third-order valence-electron chi connectivity index (χ3n) is 4.13. The van der Waals surface area contributed by atoms with E-state index >= 15 is 0 Å². The Labute approximate surface area is 167 Å². The van der Waals surface area contributed by atoms with E-state index in [4.69, 9.17) is 9.66 Å². The second kappa shape index (κ2) is 7.63. The number of hydrogen-bond acceptors (Lipinski definition) is 5. The summed E-state index contributed by atoms with van der Waals surface area (Å²) in [6, 6.07) is 26.0. The summed E-state index contributed by atoms with van der Waals surface area (Å²) in [4.78, 5) is 1.08. The molecule has 0 radical (unpaired) electrons. The SMILES string of the molecule is NS(=O)(=O)c1ccc(-c2c(-c3ccccc3)noc2Sc2ccccc2)cc1. The summed E-state index contributed by atoms with van der Waals surface area (Å²) in [5.41, 5.74) is 3.21. The molecule has 0 saturated carbocycles. The Balaban J connectivity index is 1.84. The van der Waals surface area contributed by atoms with Gasteiger partial charge in [0, 0.05) is 10.5 Å². The Bertz CT molecular complexity index is 1190. The van der Waals surface area contributed by atoms with Crippen molar-refractivity contribution in [2.45, 2.75) is 14.9 Å². The van der Waals surface area contributed by atoms with Crippen LogP contribution in [0.5, 0.6) is 0 Å². The van der Waals surface area contributed by atoms with Crippen LogP contribution in [-0.2, 0) is 10.0 Å². The number of rotatable bonds is 5. The summed E-state index contributed by atoms with van der Waals surface area (Å²) in [6.07, 6.45) is 0. The summed E-state index contributed by atoms with van der Waals surface area (Å²) in [7, 11) is -3.75. The van der Waals surface area contributed by atoms with Crippen molar-refractivity contribution in [2.75, 3.05) is 0 Å². The van der Waals surface area contributed by atoms with E-state index in [1.54, 1.807) is 12.1 Å². The van der Waals surface area contributed by atoms with Crippen molar-refractivity contribution in [3.8, 4) is 22.4 Å². The second-order valence-corrected chi connectivity index (χ2v) is 8.65. The molecule has 0 aliphatic heterocycles. The van der Waals surface area contributed by atoms with E-state index in [0.29, 0.717) is 10.8 Å². The van der Waals surface area contributed by atoms with E-state index in [1.165, 1.54) is 23.9 Å². The molecule has 0 saturated heterocycles. The highest BCUT2D eigenvalue weighted by atomic mass is 32.2. The van der Waals surface area contributed by atoms with Gasteiger partial charge in [-0.2, -0.15) is 0 Å². The van der Waals surface area contributed by atoms with Gasteiger partial charge in [0.2, 0.25) is 15.1 Å². The minimum Gasteiger partial charge on any atom is -0.348 e. The Morgan fingerprint density at radius 3 is 2.00 bits per heavy atom. The van der Waals surface area contributed by atoms with Crippen molar-refractivity contribution < 1.29 is 12.9 Å². The number of sulfonamides is 1. The third-order valence-corrected chi connectivity index (χ3v) is 6.03. The number of benzene rings is 3. The lowest BCUT2D eigenvalue weighted by Crippen LogP contribution is -2.11. The molecule has 2 N–H and O–H groups in total. The van der Waals surface area contributed by atoms with Crippen molar-refractivity contribution in [2.24, 2.45) is 5.14 Å². The van der Waals surface area contributed by atoms with Gasteiger partial charge in [0.25, 0.3) is 0 Å². The number of primary sulfonamides is 1. The first-order chi connectivity index (χ1) is 13.5. The van der Waals surface area contributed by atoms with Gasteiger partial charge in [-0.15, -0.1) is 0 Å². The first-order valence-electron chi connectivity index (χ1n) is 8.43. The predicted octanol–water partition coefficient (Wildman–Crippen LogP) is 4.81. The normalized spacial score (nSPS) is 11.5. The molecule has 1 aromatic heterocycles. The molecule has 28 heavy (non-hydrogen) atoms. The van der Waals surface area contributed by atoms with Gasteiger partial charge in [-0.05, 0) is 41.6 Å². The lowest BCUT2D eigenvalue weighted by Gasteiger charge is -2.06. The van der Waals surface area contributed by atoms with Crippen LogP contribution in [-0.4, -0.2) is 13.6 Å². The average Bonchev–Trinajstić information content (AvgIpc) is 3.12. The zero-order chi connectivity index (χ0) is 19.6. The van der Waals surface area contributed by atoms with Crippen LogP contribution < -0.4 is 5.14 Å². The zero-order valence-electron chi connectivity index (χ0n) is 14.6. The van der Waals surface area contributed by atoms with Crippen LogP contribution in [0.4, 0.5) is 0 Å². The number of hydrogen-bond donors (Lipinski definition) is 1. The third kappa shape index (κ3) is 3.87. The van der Waals surface area contributed by atoms with Crippen molar-refractivity contribution in [3.63, 3.8) is 0 Å².